The van der Waals surface area contributed by atoms with Gasteiger partial charge in [-0.05, 0) is 67.4 Å². The number of aromatic nitrogens is 2. The van der Waals surface area contributed by atoms with Gasteiger partial charge in [0.05, 0.1) is 11.1 Å². The van der Waals surface area contributed by atoms with E-state index >= 15 is 0 Å². The molecule has 2 aliphatic rings. The van der Waals surface area contributed by atoms with Gasteiger partial charge in [-0.2, -0.15) is 5.10 Å². The Balaban J connectivity index is 1.23. The Labute approximate surface area is 232 Å². The number of nitrogens with zero attached hydrogens (tertiary/aromatic N) is 2. The molecule has 1 amide bonds. The summed E-state index contributed by atoms with van der Waals surface area (Å²) in [5.74, 6) is 6.60. The molecule has 40 heavy (non-hydrogen) atoms. The van der Waals surface area contributed by atoms with Crippen LogP contribution >= 0.6 is 0 Å². The van der Waals surface area contributed by atoms with E-state index in [4.69, 9.17) is 4.74 Å². The van der Waals surface area contributed by atoms with Crippen LogP contribution in [0, 0.1) is 11.8 Å². The highest BCUT2D eigenvalue weighted by Gasteiger charge is 2.21. The highest BCUT2D eigenvalue weighted by Crippen LogP contribution is 2.28. The molecule has 204 valence electrons. The van der Waals surface area contributed by atoms with Crippen molar-refractivity contribution >= 4 is 34.0 Å². The molecule has 0 saturated carbocycles. The third-order valence-corrected chi connectivity index (χ3v) is 7.30. The highest BCUT2D eigenvalue weighted by molar-refractivity contribution is 6.11. The normalized spacial score (nSPS) is 15.8. The predicted octanol–water partition coefficient (Wildman–Crippen LogP) is 3.92. The Morgan fingerprint density at radius 3 is 2.60 bits per heavy atom. The van der Waals surface area contributed by atoms with E-state index in [0.717, 1.165) is 85.6 Å². The van der Waals surface area contributed by atoms with Gasteiger partial charge in [-0.15, -0.1) is 0 Å². The number of benzene rings is 3. The Hall–Kier alpha value is -4.52. The van der Waals surface area contributed by atoms with Gasteiger partial charge < -0.3 is 30.7 Å². The second-order valence-corrected chi connectivity index (χ2v) is 10.1. The summed E-state index contributed by atoms with van der Waals surface area (Å²) in [7, 11) is 0. The Morgan fingerprint density at radius 2 is 1.80 bits per heavy atom. The summed E-state index contributed by atoms with van der Waals surface area (Å²) in [6.45, 7) is 5.19. The van der Waals surface area contributed by atoms with E-state index in [1.165, 1.54) is 0 Å². The van der Waals surface area contributed by atoms with Crippen LogP contribution in [0.3, 0.4) is 0 Å². The van der Waals surface area contributed by atoms with Gasteiger partial charge in [0.1, 0.15) is 5.75 Å². The minimum Gasteiger partial charge on any atom is -0.508 e. The van der Waals surface area contributed by atoms with Crippen molar-refractivity contribution in [2.24, 2.45) is 0 Å². The van der Waals surface area contributed by atoms with E-state index < -0.39 is 0 Å². The van der Waals surface area contributed by atoms with Crippen molar-refractivity contribution in [3.8, 4) is 17.6 Å². The smallest absolute Gasteiger partial charge is 0.258 e. The SMILES string of the molecule is O=C(Nc1n[nH]c2cc(C#Cc3cccc(O)c3)ccc12)c1ccc(N2CCNCC2)cc1NC1CCOCC1. The molecule has 9 heteroatoms. The second kappa shape index (κ2) is 11.7. The molecule has 0 radical (unpaired) electrons. The van der Waals surface area contributed by atoms with E-state index in [2.05, 4.69) is 49.0 Å². The topological polar surface area (TPSA) is 115 Å². The highest BCUT2D eigenvalue weighted by atomic mass is 16.5. The number of H-pyrrole nitrogens is 1. The zero-order chi connectivity index (χ0) is 27.3. The third-order valence-electron chi connectivity index (χ3n) is 7.30. The van der Waals surface area contributed by atoms with Crippen LogP contribution in [0.15, 0.2) is 60.7 Å². The summed E-state index contributed by atoms with van der Waals surface area (Å²) in [5, 5.41) is 27.9. The fraction of sp³-hybridized carbons (Fsp3) is 0.290. The van der Waals surface area contributed by atoms with Crippen LogP contribution in [0.5, 0.6) is 5.75 Å². The fourth-order valence-corrected chi connectivity index (χ4v) is 5.13. The molecule has 0 bridgehead atoms. The van der Waals surface area contributed by atoms with E-state index in [1.54, 1.807) is 18.2 Å². The van der Waals surface area contributed by atoms with Crippen molar-refractivity contribution < 1.29 is 14.6 Å². The second-order valence-electron chi connectivity index (χ2n) is 10.1. The number of aromatic hydroxyl groups is 1. The number of hydrogen-bond donors (Lipinski definition) is 5. The van der Waals surface area contributed by atoms with Gasteiger partial charge in [0.25, 0.3) is 5.91 Å². The van der Waals surface area contributed by atoms with E-state index in [9.17, 15) is 9.90 Å². The number of piperazine rings is 1. The average molecular weight is 537 g/mol. The monoisotopic (exact) mass is 536 g/mol. The molecule has 1 aromatic heterocycles. The van der Waals surface area contributed by atoms with Crippen LogP contribution in [-0.4, -0.2) is 66.6 Å². The number of rotatable bonds is 5. The quantitative estimate of drug-likeness (QED) is 0.246. The summed E-state index contributed by atoms with van der Waals surface area (Å²) in [4.78, 5) is 15.9. The lowest BCUT2D eigenvalue weighted by atomic mass is 10.1. The number of hydrogen-bond acceptors (Lipinski definition) is 7. The van der Waals surface area contributed by atoms with Gasteiger partial charge in [-0.3, -0.25) is 9.89 Å². The fourth-order valence-electron chi connectivity index (χ4n) is 5.13. The third kappa shape index (κ3) is 5.88. The van der Waals surface area contributed by atoms with Crippen molar-refractivity contribution in [3.05, 3.63) is 77.4 Å². The molecular weight excluding hydrogens is 504 g/mol. The molecule has 2 aliphatic heterocycles. The lowest BCUT2D eigenvalue weighted by molar-refractivity contribution is 0.0904. The van der Waals surface area contributed by atoms with Gasteiger partial charge >= 0.3 is 0 Å². The van der Waals surface area contributed by atoms with Gasteiger partial charge in [0.15, 0.2) is 5.82 Å². The average Bonchev–Trinajstić information content (AvgIpc) is 3.38. The first-order chi connectivity index (χ1) is 19.6. The molecule has 4 aromatic rings. The van der Waals surface area contributed by atoms with Crippen LogP contribution < -0.4 is 20.9 Å². The van der Waals surface area contributed by atoms with Gasteiger partial charge in [-0.25, -0.2) is 0 Å². The molecule has 2 saturated heterocycles. The Morgan fingerprint density at radius 1 is 1.00 bits per heavy atom. The summed E-state index contributed by atoms with van der Waals surface area (Å²) < 4.78 is 5.53. The molecule has 5 N–H and O–H groups in total. The molecule has 0 atom stereocenters. The predicted molar refractivity (Wildman–Crippen MR) is 157 cm³/mol. The molecule has 2 fully saturated rings. The molecule has 0 aliphatic carbocycles. The van der Waals surface area contributed by atoms with Gasteiger partial charge in [0.2, 0.25) is 0 Å². The number of fused-ring (bicyclic) bond motifs is 1. The lowest BCUT2D eigenvalue weighted by Crippen LogP contribution is -2.43. The molecule has 3 heterocycles. The van der Waals surface area contributed by atoms with Crippen molar-refractivity contribution in [3.63, 3.8) is 0 Å². The number of carbonyl (C=O) groups excluding carboxylic acids is 1. The summed E-state index contributed by atoms with van der Waals surface area (Å²) >= 11 is 0. The first kappa shape index (κ1) is 25.7. The lowest BCUT2D eigenvalue weighted by Gasteiger charge is -2.31. The Bertz CT molecular complexity index is 1570. The first-order valence-electron chi connectivity index (χ1n) is 13.7. The van der Waals surface area contributed by atoms with Crippen molar-refractivity contribution in [1.29, 1.82) is 0 Å². The number of carbonyl (C=O) groups is 1. The summed E-state index contributed by atoms with van der Waals surface area (Å²) in [6.07, 6.45) is 1.80. The van der Waals surface area contributed by atoms with Crippen molar-refractivity contribution in [2.75, 3.05) is 54.9 Å². The number of anilines is 3. The molecule has 0 spiro atoms. The number of phenolic OH excluding ortho intramolecular Hbond substituents is 1. The zero-order valence-corrected chi connectivity index (χ0v) is 22.2. The van der Waals surface area contributed by atoms with Gasteiger partial charge in [0, 0.05) is 73.3 Å². The number of ether oxygens (including phenoxy) is 1. The largest absolute Gasteiger partial charge is 0.508 e. The standard InChI is InChI=1S/C31H32N6O3/c38-25-3-1-2-21(18-25)4-5-22-6-8-26-29(19-22)35-36-30(26)34-31(39)27-9-7-24(37-14-12-32-13-15-37)20-28(27)33-23-10-16-40-17-11-23/h1-3,6-9,18-20,23,32-33,38H,10-17H2,(H2,34,35,36,39). The van der Waals surface area contributed by atoms with E-state index in [1.807, 2.05) is 36.4 Å². The minimum atomic E-state index is -0.220. The molecule has 6 rings (SSSR count). The van der Waals surface area contributed by atoms with Crippen molar-refractivity contribution in [1.82, 2.24) is 15.5 Å². The summed E-state index contributed by atoms with van der Waals surface area (Å²) in [6, 6.07) is 18.8. The van der Waals surface area contributed by atoms with E-state index in [0.29, 0.717) is 11.4 Å². The number of nitrogens with one attached hydrogen (secondary N) is 4. The van der Waals surface area contributed by atoms with Crippen LogP contribution in [0.25, 0.3) is 10.9 Å². The Kier molecular flexibility index (Phi) is 7.53. The van der Waals surface area contributed by atoms with Crippen LogP contribution in [0.2, 0.25) is 0 Å². The first-order valence-corrected chi connectivity index (χ1v) is 13.7. The molecule has 3 aromatic carbocycles. The number of phenols is 1. The van der Waals surface area contributed by atoms with Crippen LogP contribution in [0.1, 0.15) is 34.3 Å². The number of amides is 1. The van der Waals surface area contributed by atoms with Crippen LogP contribution in [-0.2, 0) is 4.74 Å². The number of aromatic amines is 1. The maximum Gasteiger partial charge on any atom is 0.258 e. The van der Waals surface area contributed by atoms with E-state index in [-0.39, 0.29) is 17.7 Å². The molecule has 9 nitrogen and oxygen atoms in total. The van der Waals surface area contributed by atoms with Crippen LogP contribution in [0.4, 0.5) is 17.2 Å². The maximum absolute atomic E-state index is 13.6. The summed E-state index contributed by atoms with van der Waals surface area (Å²) in [5.41, 5.74) is 4.80. The molecule has 0 unspecified atom stereocenters. The molecular formula is C31H32N6O3. The minimum absolute atomic E-state index is 0.181. The maximum atomic E-state index is 13.6. The van der Waals surface area contributed by atoms with Crippen molar-refractivity contribution in [2.45, 2.75) is 18.9 Å². The zero-order valence-electron chi connectivity index (χ0n) is 22.2. The van der Waals surface area contributed by atoms with Gasteiger partial charge in [-0.1, -0.05) is 17.9 Å².